The number of carboxylic acid groups (broad SMARTS) is 2. The van der Waals surface area contributed by atoms with Crippen LogP contribution in [0.3, 0.4) is 0 Å². The number of benzene rings is 2. The van der Waals surface area contributed by atoms with Crippen molar-refractivity contribution in [2.75, 3.05) is 0 Å². The molecule has 0 aliphatic heterocycles. The third-order valence-corrected chi connectivity index (χ3v) is 5.78. The predicted molar refractivity (Wildman–Crippen MR) is 127 cm³/mol. The van der Waals surface area contributed by atoms with Crippen LogP contribution in [0.25, 0.3) is 21.8 Å². The summed E-state index contributed by atoms with van der Waals surface area (Å²) < 4.78 is 75.7. The molecule has 2 aromatic heterocycles. The van der Waals surface area contributed by atoms with Crippen molar-refractivity contribution in [1.82, 2.24) is 9.97 Å². The highest BCUT2D eigenvalue weighted by Gasteiger charge is 2.32. The zero-order valence-electron chi connectivity index (χ0n) is 17.7. The van der Waals surface area contributed by atoms with E-state index in [1.54, 1.807) is 0 Å². The number of aromatic amines is 2. The number of carbonyl (C=O) groups is 2. The largest absolute Gasteiger partial charge is 0.477 e. The van der Waals surface area contributed by atoms with Gasteiger partial charge in [0, 0.05) is 26.3 Å². The number of hydrogen-bond donors (Lipinski definition) is 4. The Bertz CT molecular complexity index is 1680. The summed E-state index contributed by atoms with van der Waals surface area (Å²) in [7, 11) is 0. The van der Waals surface area contributed by atoms with Gasteiger partial charge in [0.05, 0.1) is 20.7 Å². The maximum absolute atomic E-state index is 12.6. The molecule has 0 radical (unpaired) electrons. The predicted octanol–water partition coefficient (Wildman–Crippen LogP) is 7.88. The molecule has 0 saturated carbocycles. The molecule has 2 heterocycles. The number of aromatic nitrogens is 2. The van der Waals surface area contributed by atoms with Crippen LogP contribution in [0.4, 0.5) is 26.3 Å². The van der Waals surface area contributed by atoms with Gasteiger partial charge in [0.25, 0.3) is 0 Å². The van der Waals surface area contributed by atoms with Crippen LogP contribution in [0, 0.1) is 9.02 Å². The van der Waals surface area contributed by atoms with Gasteiger partial charge in [-0.15, -0.1) is 0 Å². The normalized spacial score (nSPS) is 11.8. The Morgan fingerprint density at radius 1 is 0.730 bits per heavy atom. The summed E-state index contributed by atoms with van der Waals surface area (Å²) in [4.78, 5) is 26.4. The van der Waals surface area contributed by atoms with Gasteiger partial charge in [-0.3, -0.25) is 0 Å². The average Bonchev–Trinajstić information content (AvgIpc) is 2.77. The van der Waals surface area contributed by atoms with Crippen LogP contribution < -0.4 is 0 Å². The zero-order chi connectivity index (χ0) is 27.9. The minimum absolute atomic E-state index is 0.0507. The molecule has 0 amide bonds. The molecule has 0 unspecified atom stereocenters. The van der Waals surface area contributed by atoms with E-state index in [0.717, 1.165) is 30.3 Å². The van der Waals surface area contributed by atoms with Gasteiger partial charge in [0.2, 0.25) is 0 Å². The molecule has 4 N–H and O–H groups in total. The highest BCUT2D eigenvalue weighted by molar-refractivity contribution is 7.72. The van der Waals surface area contributed by atoms with E-state index in [9.17, 15) is 35.9 Å². The van der Waals surface area contributed by atoms with Crippen LogP contribution in [0.15, 0.2) is 42.5 Å². The van der Waals surface area contributed by atoms with Gasteiger partial charge in [0.1, 0.15) is 11.4 Å². The molecule has 4 aromatic rings. The summed E-state index contributed by atoms with van der Waals surface area (Å²) in [5.74, 6) is -2.60. The summed E-state index contributed by atoms with van der Waals surface area (Å²) in [6.45, 7) is 0. The first-order valence-corrected chi connectivity index (χ1v) is 10.8. The van der Waals surface area contributed by atoms with Crippen LogP contribution in [0.2, 0.25) is 5.02 Å². The maximum Gasteiger partial charge on any atom is 0.416 e. The fourth-order valence-electron chi connectivity index (χ4n) is 3.16. The van der Waals surface area contributed by atoms with E-state index < -0.39 is 35.4 Å². The standard InChI is InChI=1S/C11H5ClF3NO2S.C11H6F3NO2S/c12-5-1-4(11(13,14)15)2-6-9(5)8(19)3-7(16-6)10(17)18;12-11(13,14)5-1-2-6-7(3-5)15-8(10(16)17)4-9(6)18/h1-3H,(H,16,19)(H,17,18);1-4H,(H,15,18)(H,16,17). The van der Waals surface area contributed by atoms with Crippen molar-refractivity contribution in [3.05, 3.63) is 79.0 Å². The van der Waals surface area contributed by atoms with Crippen LogP contribution in [-0.4, -0.2) is 32.1 Å². The number of pyridine rings is 2. The molecule has 2 aromatic carbocycles. The third-order valence-electron chi connectivity index (χ3n) is 4.83. The van der Waals surface area contributed by atoms with Gasteiger partial charge in [-0.25, -0.2) is 9.59 Å². The first kappa shape index (κ1) is 28.1. The van der Waals surface area contributed by atoms with E-state index in [1.165, 1.54) is 12.1 Å². The number of halogens is 7. The third kappa shape index (κ3) is 6.26. The van der Waals surface area contributed by atoms with Crippen molar-refractivity contribution in [2.24, 2.45) is 0 Å². The number of nitrogens with one attached hydrogen (secondary N) is 2. The Kier molecular flexibility index (Phi) is 7.67. The van der Waals surface area contributed by atoms with E-state index in [0.29, 0.717) is 5.39 Å². The van der Waals surface area contributed by atoms with E-state index in [-0.39, 0.29) is 41.9 Å². The molecular weight excluding hydrogens is 570 g/mol. The second-order valence-electron chi connectivity index (χ2n) is 7.34. The minimum Gasteiger partial charge on any atom is -0.477 e. The van der Waals surface area contributed by atoms with Crippen molar-refractivity contribution in [2.45, 2.75) is 12.4 Å². The monoisotopic (exact) mass is 580 g/mol. The number of fused-ring (bicyclic) bond motifs is 2. The lowest BCUT2D eigenvalue weighted by Crippen LogP contribution is -2.06. The Morgan fingerprint density at radius 3 is 1.73 bits per heavy atom. The molecule has 194 valence electrons. The molecule has 0 spiro atoms. The number of hydrogen-bond acceptors (Lipinski definition) is 4. The van der Waals surface area contributed by atoms with Crippen molar-refractivity contribution < 1.29 is 46.1 Å². The number of alkyl halides is 6. The quantitative estimate of drug-likeness (QED) is 0.142. The lowest BCUT2D eigenvalue weighted by atomic mass is 10.1. The molecule has 0 fully saturated rings. The molecule has 0 aliphatic rings. The second kappa shape index (κ2) is 10.1. The Hall–Kier alpha value is -3.49. The van der Waals surface area contributed by atoms with Crippen LogP contribution in [0.5, 0.6) is 0 Å². The van der Waals surface area contributed by atoms with Gasteiger partial charge in [-0.2, -0.15) is 26.3 Å². The molecule has 4 rings (SSSR count). The average molecular weight is 581 g/mol. The fraction of sp³-hybridized carbons (Fsp3) is 0.0909. The van der Waals surface area contributed by atoms with Gasteiger partial charge in [-0.1, -0.05) is 42.1 Å². The molecule has 37 heavy (non-hydrogen) atoms. The highest BCUT2D eigenvalue weighted by atomic mass is 35.5. The second-order valence-corrected chi connectivity index (χ2v) is 8.63. The van der Waals surface area contributed by atoms with Gasteiger partial charge < -0.3 is 20.2 Å². The molecule has 0 aliphatic carbocycles. The van der Waals surface area contributed by atoms with E-state index >= 15 is 0 Å². The SMILES string of the molecule is O=C(O)c1cc(=S)c2c(Cl)cc(C(F)(F)F)cc2[nH]1.O=C(O)c1cc(=S)c2ccc(C(F)(F)F)cc2[nH]1. The lowest BCUT2D eigenvalue weighted by molar-refractivity contribution is -0.138. The van der Waals surface area contributed by atoms with Gasteiger partial charge in [-0.05, 0) is 36.4 Å². The summed E-state index contributed by atoms with van der Waals surface area (Å²) >= 11 is 15.6. The lowest BCUT2D eigenvalue weighted by Gasteiger charge is -2.10. The van der Waals surface area contributed by atoms with E-state index in [1.807, 2.05) is 0 Å². The fourth-order valence-corrected chi connectivity index (χ4v) is 4.17. The number of rotatable bonds is 2. The van der Waals surface area contributed by atoms with Crippen molar-refractivity contribution in [1.29, 1.82) is 0 Å². The maximum atomic E-state index is 12.6. The van der Waals surface area contributed by atoms with Gasteiger partial charge >= 0.3 is 24.3 Å². The molecule has 0 atom stereocenters. The first-order valence-electron chi connectivity index (χ1n) is 9.63. The van der Waals surface area contributed by atoms with Crippen LogP contribution >= 0.6 is 36.0 Å². The van der Waals surface area contributed by atoms with Gasteiger partial charge in [0.15, 0.2) is 0 Å². The van der Waals surface area contributed by atoms with Crippen LogP contribution in [0.1, 0.15) is 32.1 Å². The Labute approximate surface area is 217 Å². The van der Waals surface area contributed by atoms with E-state index in [2.05, 4.69) is 9.97 Å². The summed E-state index contributed by atoms with van der Waals surface area (Å²) in [5.41, 5.74) is -2.39. The Morgan fingerprint density at radius 2 is 1.22 bits per heavy atom. The zero-order valence-corrected chi connectivity index (χ0v) is 20.1. The Balaban J connectivity index is 0.000000206. The van der Waals surface area contributed by atoms with Crippen molar-refractivity contribution >= 4 is 69.8 Å². The summed E-state index contributed by atoms with van der Waals surface area (Å²) in [6.07, 6.45) is -9.06. The molecule has 0 saturated heterocycles. The molecule has 6 nitrogen and oxygen atoms in total. The van der Waals surface area contributed by atoms with Crippen molar-refractivity contribution in [3.8, 4) is 0 Å². The number of H-pyrrole nitrogens is 2. The van der Waals surface area contributed by atoms with Crippen LogP contribution in [-0.2, 0) is 12.4 Å². The number of carboxylic acids is 2. The highest BCUT2D eigenvalue weighted by Crippen LogP contribution is 2.35. The topological polar surface area (TPSA) is 106 Å². The first-order chi connectivity index (χ1) is 17.0. The smallest absolute Gasteiger partial charge is 0.416 e. The molecular formula is C22H11ClF6N2O4S2. The molecule has 15 heteroatoms. The summed E-state index contributed by atoms with van der Waals surface area (Å²) in [5, 5.41) is 18.0. The minimum atomic E-state index is -4.58. The van der Waals surface area contributed by atoms with E-state index in [4.69, 9.17) is 46.2 Å². The summed E-state index contributed by atoms with van der Waals surface area (Å²) in [6, 6.07) is 6.86. The molecule has 0 bridgehead atoms. The number of aromatic carboxylic acids is 2. The van der Waals surface area contributed by atoms with Crippen molar-refractivity contribution in [3.63, 3.8) is 0 Å².